The fourth-order valence-corrected chi connectivity index (χ4v) is 5.49. The van der Waals surface area contributed by atoms with Gasteiger partial charge in [0, 0.05) is 17.7 Å². The molecule has 1 aromatic carbocycles. The summed E-state index contributed by atoms with van der Waals surface area (Å²) in [5.74, 6) is 3.98. The molecule has 3 rings (SSSR count). The molecule has 0 saturated heterocycles. The Balaban J connectivity index is 1.43. The van der Waals surface area contributed by atoms with Crippen LogP contribution >= 0.6 is 11.8 Å². The lowest BCUT2D eigenvalue weighted by Crippen LogP contribution is -2.16. The number of hydrogen-bond acceptors (Lipinski definition) is 3. The second kappa shape index (κ2) is 16.2. The molecule has 0 spiro atoms. The van der Waals surface area contributed by atoms with Crippen molar-refractivity contribution in [2.24, 2.45) is 0 Å². The summed E-state index contributed by atoms with van der Waals surface area (Å²) in [6.45, 7) is 13.3. The Kier molecular flexibility index (Phi) is 12.8. The Morgan fingerprint density at radius 3 is 2.13 bits per heavy atom. The Labute approximate surface area is 240 Å². The second-order valence-corrected chi connectivity index (χ2v) is 12.0. The van der Waals surface area contributed by atoms with Gasteiger partial charge in [0.25, 0.3) is 0 Å². The molecule has 0 fully saturated rings. The Hall–Kier alpha value is -2.92. The Bertz CT molecular complexity index is 1250. The van der Waals surface area contributed by atoms with Crippen LogP contribution in [0.5, 0.6) is 0 Å². The van der Waals surface area contributed by atoms with Crippen molar-refractivity contribution in [3.8, 4) is 0 Å². The van der Waals surface area contributed by atoms with Gasteiger partial charge in [-0.25, -0.2) is 4.98 Å². The molecule has 0 amide bonds. The van der Waals surface area contributed by atoms with Crippen molar-refractivity contribution < 1.29 is 0 Å². The van der Waals surface area contributed by atoms with Crippen LogP contribution in [0.4, 0.5) is 5.82 Å². The summed E-state index contributed by atoms with van der Waals surface area (Å²) in [5.41, 5.74) is 9.20. The van der Waals surface area contributed by atoms with Crippen molar-refractivity contribution in [3.05, 3.63) is 94.5 Å². The van der Waals surface area contributed by atoms with Gasteiger partial charge in [0.2, 0.25) is 0 Å². The van der Waals surface area contributed by atoms with E-state index >= 15 is 0 Å². The third-order valence-corrected chi connectivity index (χ3v) is 7.97. The highest BCUT2D eigenvalue weighted by molar-refractivity contribution is 7.99. The number of fused-ring (bicyclic) bond motifs is 1. The first-order valence-corrected chi connectivity index (χ1v) is 15.5. The number of aromatic nitrogens is 3. The number of thioether (sulfide) groups is 1. The summed E-state index contributed by atoms with van der Waals surface area (Å²) < 4.78 is 0. The van der Waals surface area contributed by atoms with Crippen LogP contribution in [0.25, 0.3) is 11.0 Å². The molecule has 0 aliphatic heterocycles. The fourth-order valence-electron chi connectivity index (χ4n) is 4.48. The summed E-state index contributed by atoms with van der Waals surface area (Å²) in [6.07, 6.45) is 18.4. The van der Waals surface area contributed by atoms with E-state index in [0.29, 0.717) is 0 Å². The minimum absolute atomic E-state index is 0.101. The molecule has 0 bridgehead atoms. The normalized spacial score (nSPS) is 13.6. The number of aromatic amines is 2. The zero-order valence-corrected chi connectivity index (χ0v) is 25.7. The van der Waals surface area contributed by atoms with Crippen LogP contribution in [0.3, 0.4) is 0 Å². The van der Waals surface area contributed by atoms with Crippen LogP contribution in [-0.2, 0) is 0 Å². The van der Waals surface area contributed by atoms with E-state index in [1.165, 1.54) is 34.3 Å². The minimum atomic E-state index is 0.101. The highest BCUT2D eigenvalue weighted by Gasteiger charge is 2.17. The van der Waals surface area contributed by atoms with Crippen LogP contribution in [0.2, 0.25) is 0 Å². The molecule has 2 heterocycles. The second-order valence-electron chi connectivity index (χ2n) is 11.0. The van der Waals surface area contributed by atoms with Gasteiger partial charge in [-0.15, -0.1) is 0 Å². The maximum atomic E-state index is 4.87. The maximum absolute atomic E-state index is 4.87. The van der Waals surface area contributed by atoms with E-state index in [4.69, 9.17) is 4.98 Å². The van der Waals surface area contributed by atoms with Crippen LogP contribution in [0, 0.1) is 6.92 Å². The molecular weight excluding hydrogens is 496 g/mol. The van der Waals surface area contributed by atoms with E-state index in [0.717, 1.165) is 66.3 Å². The number of nitrogens with one attached hydrogen (secondary N) is 3. The third kappa shape index (κ3) is 11.0. The largest absolute Gasteiger partial charge is 0.361 e. The Morgan fingerprint density at radius 2 is 1.51 bits per heavy atom. The zero-order chi connectivity index (χ0) is 28.0. The summed E-state index contributed by atoms with van der Waals surface area (Å²) in [4.78, 5) is 11.7. The van der Waals surface area contributed by atoms with Crippen LogP contribution in [0.1, 0.15) is 90.6 Å². The molecule has 0 radical (unpaired) electrons. The average Bonchev–Trinajstić information content (AvgIpc) is 3.51. The molecule has 1 unspecified atom stereocenters. The molecule has 0 aliphatic rings. The van der Waals surface area contributed by atoms with Gasteiger partial charge >= 0.3 is 0 Å². The number of anilines is 1. The molecule has 3 aromatic rings. The first kappa shape index (κ1) is 30.6. The van der Waals surface area contributed by atoms with E-state index in [1.807, 2.05) is 30.1 Å². The number of H-pyrrole nitrogens is 2. The van der Waals surface area contributed by atoms with Gasteiger partial charge in [0.15, 0.2) is 0 Å². The molecule has 4 nitrogen and oxygen atoms in total. The topological polar surface area (TPSA) is 56.5 Å². The highest BCUT2D eigenvalue weighted by atomic mass is 32.2. The first-order valence-electron chi connectivity index (χ1n) is 14.3. The minimum Gasteiger partial charge on any atom is -0.361 e. The van der Waals surface area contributed by atoms with Gasteiger partial charge in [-0.05, 0) is 104 Å². The summed E-state index contributed by atoms with van der Waals surface area (Å²) in [7, 11) is 0. The van der Waals surface area contributed by atoms with E-state index in [1.54, 1.807) is 0 Å². The molecule has 1 atom stereocenters. The molecule has 2 aromatic heterocycles. The summed E-state index contributed by atoms with van der Waals surface area (Å²) in [5, 5.41) is 3.67. The molecule has 39 heavy (non-hydrogen) atoms. The maximum Gasteiger partial charge on any atom is 0.130 e. The summed E-state index contributed by atoms with van der Waals surface area (Å²) in [6, 6.07) is 10.4. The lowest BCUT2D eigenvalue weighted by Gasteiger charge is -2.17. The van der Waals surface area contributed by atoms with Gasteiger partial charge < -0.3 is 15.3 Å². The molecule has 5 heteroatoms. The van der Waals surface area contributed by atoms with Crippen molar-refractivity contribution in [3.63, 3.8) is 0 Å². The SMILES string of the molecule is CC(C)=CCC/C(C)=C/CC/C(C)=C/CC/C(C)=C/CSCC(Nc1[nH]ccc1C)c1nc2ccccc2[nH]1. The van der Waals surface area contributed by atoms with Gasteiger partial charge in [-0.2, -0.15) is 11.8 Å². The highest BCUT2D eigenvalue weighted by Crippen LogP contribution is 2.25. The monoisotopic (exact) mass is 544 g/mol. The van der Waals surface area contributed by atoms with E-state index in [9.17, 15) is 0 Å². The molecule has 3 N–H and O–H groups in total. The molecule has 210 valence electrons. The standard InChI is InChI=1S/C34H48N4S/c1-25(2)12-9-13-26(3)14-10-15-27(4)16-11-17-28(5)21-23-39-24-32(38-33-29(6)20-22-35-33)34-36-30-18-7-8-19-31(30)37-34/h7-8,12,14,16,18-22,32,35,38H,9-11,13,15,17,23-24H2,1-6H3,(H,36,37)/b26-14+,27-16+,28-21+. The Morgan fingerprint density at radius 1 is 0.872 bits per heavy atom. The predicted octanol–water partition coefficient (Wildman–Crippen LogP) is 10.2. The van der Waals surface area contributed by atoms with Crippen molar-refractivity contribution in [1.29, 1.82) is 0 Å². The van der Waals surface area contributed by atoms with E-state index in [2.05, 4.69) is 99.3 Å². The van der Waals surface area contributed by atoms with Crippen molar-refractivity contribution in [2.75, 3.05) is 16.8 Å². The number of para-hydroxylation sites is 2. The average molecular weight is 545 g/mol. The number of aryl methyl sites for hydroxylation is 1. The smallest absolute Gasteiger partial charge is 0.130 e. The molecule has 0 saturated carbocycles. The number of benzene rings is 1. The van der Waals surface area contributed by atoms with E-state index in [-0.39, 0.29) is 6.04 Å². The van der Waals surface area contributed by atoms with Crippen molar-refractivity contribution in [2.45, 2.75) is 86.1 Å². The van der Waals surface area contributed by atoms with Gasteiger partial charge in [-0.1, -0.05) is 58.7 Å². The number of hydrogen-bond donors (Lipinski definition) is 3. The van der Waals surface area contributed by atoms with E-state index < -0.39 is 0 Å². The molecule has 0 aliphatic carbocycles. The quantitative estimate of drug-likeness (QED) is 0.124. The van der Waals surface area contributed by atoms with Crippen LogP contribution < -0.4 is 5.32 Å². The lowest BCUT2D eigenvalue weighted by molar-refractivity contribution is 0.820. The fraction of sp³-hybridized carbons (Fsp3) is 0.441. The molecular formula is C34H48N4S. The number of imidazole rings is 1. The number of rotatable bonds is 16. The van der Waals surface area contributed by atoms with Gasteiger partial charge in [0.05, 0.1) is 17.1 Å². The number of nitrogens with zero attached hydrogens (tertiary/aromatic N) is 1. The predicted molar refractivity (Wildman–Crippen MR) is 174 cm³/mol. The number of allylic oxidation sites excluding steroid dienone is 7. The third-order valence-electron chi connectivity index (χ3n) is 7.00. The van der Waals surface area contributed by atoms with Crippen molar-refractivity contribution in [1.82, 2.24) is 15.0 Å². The zero-order valence-electron chi connectivity index (χ0n) is 24.9. The summed E-state index contributed by atoms with van der Waals surface area (Å²) >= 11 is 1.94. The lowest BCUT2D eigenvalue weighted by atomic mass is 10.0. The van der Waals surface area contributed by atoms with Crippen molar-refractivity contribution >= 4 is 28.6 Å². The van der Waals surface area contributed by atoms with Gasteiger partial charge in [0.1, 0.15) is 11.6 Å². The van der Waals surface area contributed by atoms with Crippen LogP contribution in [-0.4, -0.2) is 26.5 Å². The van der Waals surface area contributed by atoms with Gasteiger partial charge in [-0.3, -0.25) is 0 Å². The van der Waals surface area contributed by atoms with Crippen LogP contribution in [0.15, 0.2) is 83.1 Å². The first-order chi connectivity index (χ1) is 18.8.